The van der Waals surface area contributed by atoms with Crippen LogP contribution in [0, 0.1) is 11.6 Å². The van der Waals surface area contributed by atoms with Crippen molar-refractivity contribution in [2.24, 2.45) is 7.05 Å². The second-order valence-corrected chi connectivity index (χ2v) is 7.44. The Morgan fingerprint density at radius 2 is 2.00 bits per heavy atom. The lowest BCUT2D eigenvalue weighted by Crippen LogP contribution is -2.39. The van der Waals surface area contributed by atoms with Gasteiger partial charge in [0.2, 0.25) is 10.0 Å². The quantitative estimate of drug-likeness (QED) is 0.862. The Labute approximate surface area is 133 Å². The zero-order valence-corrected chi connectivity index (χ0v) is 13.4. The van der Waals surface area contributed by atoms with Gasteiger partial charge in [-0.1, -0.05) is 6.42 Å². The minimum absolute atomic E-state index is 0.301. The Bertz CT molecular complexity index is 820. The minimum Gasteiger partial charge on any atom is -0.271 e. The molecule has 0 amide bonds. The van der Waals surface area contributed by atoms with Crippen molar-refractivity contribution in [2.75, 3.05) is 6.54 Å². The smallest absolute Gasteiger partial charge is 0.246 e. The van der Waals surface area contributed by atoms with Gasteiger partial charge >= 0.3 is 0 Å². The SMILES string of the molecule is Cn1nccc1[C@@H]1CCCCN1S(=O)(=O)c1ccc(F)cc1F. The maximum atomic E-state index is 14.0. The summed E-state index contributed by atoms with van der Waals surface area (Å²) in [5.41, 5.74) is 0.760. The lowest BCUT2D eigenvalue weighted by atomic mass is 10.0. The van der Waals surface area contributed by atoms with E-state index in [4.69, 9.17) is 0 Å². The van der Waals surface area contributed by atoms with Gasteiger partial charge in [0.1, 0.15) is 16.5 Å². The van der Waals surface area contributed by atoms with Crippen molar-refractivity contribution >= 4 is 10.0 Å². The highest BCUT2D eigenvalue weighted by Crippen LogP contribution is 2.35. The molecule has 23 heavy (non-hydrogen) atoms. The summed E-state index contributed by atoms with van der Waals surface area (Å²) in [4.78, 5) is -0.493. The van der Waals surface area contributed by atoms with E-state index in [9.17, 15) is 17.2 Å². The van der Waals surface area contributed by atoms with E-state index in [-0.39, 0.29) is 0 Å². The monoisotopic (exact) mass is 341 g/mol. The van der Waals surface area contributed by atoms with E-state index in [2.05, 4.69) is 5.10 Å². The van der Waals surface area contributed by atoms with Crippen LogP contribution in [0.25, 0.3) is 0 Å². The lowest BCUT2D eigenvalue weighted by molar-refractivity contribution is 0.245. The molecule has 2 heterocycles. The van der Waals surface area contributed by atoms with E-state index < -0.39 is 32.6 Å². The van der Waals surface area contributed by atoms with Crippen molar-refractivity contribution in [1.29, 1.82) is 0 Å². The van der Waals surface area contributed by atoms with Crippen LogP contribution in [0.4, 0.5) is 8.78 Å². The Morgan fingerprint density at radius 3 is 2.65 bits per heavy atom. The third-order valence-electron chi connectivity index (χ3n) is 4.13. The van der Waals surface area contributed by atoms with Crippen LogP contribution in [0.1, 0.15) is 31.0 Å². The Balaban J connectivity index is 2.04. The zero-order valence-electron chi connectivity index (χ0n) is 12.6. The van der Waals surface area contributed by atoms with Gasteiger partial charge in [-0.25, -0.2) is 17.2 Å². The summed E-state index contributed by atoms with van der Waals surface area (Å²) in [5.74, 6) is -1.87. The number of hydrogen-bond donors (Lipinski definition) is 0. The second kappa shape index (κ2) is 6.01. The number of nitrogens with zero attached hydrogens (tertiary/aromatic N) is 3. The van der Waals surface area contributed by atoms with E-state index in [1.165, 1.54) is 4.31 Å². The molecule has 0 spiro atoms. The van der Waals surface area contributed by atoms with E-state index in [0.717, 1.165) is 24.2 Å². The molecular weight excluding hydrogens is 324 g/mol. The molecule has 1 saturated heterocycles. The van der Waals surface area contributed by atoms with Crippen molar-refractivity contribution in [1.82, 2.24) is 14.1 Å². The molecule has 1 atom stereocenters. The molecule has 2 aromatic rings. The van der Waals surface area contributed by atoms with Gasteiger partial charge in [-0.15, -0.1) is 0 Å². The van der Waals surface area contributed by atoms with Crippen molar-refractivity contribution in [3.05, 3.63) is 47.8 Å². The van der Waals surface area contributed by atoms with Gasteiger partial charge in [-0.05, 0) is 31.0 Å². The predicted molar refractivity (Wildman–Crippen MR) is 80.0 cm³/mol. The van der Waals surface area contributed by atoms with Crippen LogP contribution in [0.2, 0.25) is 0 Å². The van der Waals surface area contributed by atoms with Gasteiger partial charge in [0.15, 0.2) is 0 Å². The topological polar surface area (TPSA) is 55.2 Å². The normalized spacial score (nSPS) is 19.9. The molecule has 1 aromatic carbocycles. The van der Waals surface area contributed by atoms with Crippen molar-refractivity contribution in [2.45, 2.75) is 30.2 Å². The summed E-state index contributed by atoms with van der Waals surface area (Å²) in [6.07, 6.45) is 3.83. The molecule has 5 nitrogen and oxygen atoms in total. The highest BCUT2D eigenvalue weighted by atomic mass is 32.2. The number of aromatic nitrogens is 2. The number of hydrogen-bond acceptors (Lipinski definition) is 3. The third-order valence-corrected chi connectivity index (χ3v) is 6.08. The summed E-state index contributed by atoms with van der Waals surface area (Å²) in [7, 11) is -2.31. The molecule has 0 N–H and O–H groups in total. The Morgan fingerprint density at radius 1 is 1.22 bits per heavy atom. The number of sulfonamides is 1. The molecule has 3 rings (SSSR count). The molecule has 0 saturated carbocycles. The average molecular weight is 341 g/mol. The molecule has 1 fully saturated rings. The minimum atomic E-state index is -4.05. The maximum Gasteiger partial charge on any atom is 0.246 e. The fourth-order valence-corrected chi connectivity index (χ4v) is 4.73. The van der Waals surface area contributed by atoms with Gasteiger partial charge in [0.25, 0.3) is 0 Å². The number of benzene rings is 1. The van der Waals surface area contributed by atoms with Gasteiger partial charge in [0.05, 0.1) is 11.7 Å². The Kier molecular flexibility index (Phi) is 4.20. The first-order chi connectivity index (χ1) is 10.9. The lowest BCUT2D eigenvalue weighted by Gasteiger charge is -2.34. The van der Waals surface area contributed by atoms with Crippen molar-refractivity contribution in [3.63, 3.8) is 0 Å². The summed E-state index contributed by atoms with van der Waals surface area (Å²) >= 11 is 0. The fourth-order valence-electron chi connectivity index (χ4n) is 3.01. The van der Waals surface area contributed by atoms with Gasteiger partial charge < -0.3 is 0 Å². The average Bonchev–Trinajstić information content (AvgIpc) is 2.93. The first-order valence-electron chi connectivity index (χ1n) is 7.36. The molecule has 8 heteroatoms. The molecule has 1 aromatic heterocycles. The molecular formula is C15H17F2N3O2S. The van der Waals surface area contributed by atoms with Crippen LogP contribution >= 0.6 is 0 Å². The van der Waals surface area contributed by atoms with E-state index >= 15 is 0 Å². The van der Waals surface area contributed by atoms with Gasteiger partial charge in [0, 0.05) is 25.9 Å². The summed E-state index contributed by atoms with van der Waals surface area (Å²) in [6.45, 7) is 0.301. The Hall–Kier alpha value is -1.80. The van der Waals surface area contributed by atoms with Gasteiger partial charge in [-0.2, -0.15) is 9.40 Å². The van der Waals surface area contributed by atoms with Crippen LogP contribution in [-0.2, 0) is 17.1 Å². The van der Waals surface area contributed by atoms with E-state index in [0.29, 0.717) is 25.5 Å². The highest BCUT2D eigenvalue weighted by molar-refractivity contribution is 7.89. The number of halogens is 2. The van der Waals surface area contributed by atoms with Crippen LogP contribution in [0.3, 0.4) is 0 Å². The second-order valence-electron chi connectivity index (χ2n) is 5.58. The third kappa shape index (κ3) is 2.88. The van der Waals surface area contributed by atoms with Crippen LogP contribution in [0.15, 0.2) is 35.4 Å². The van der Waals surface area contributed by atoms with Crippen LogP contribution in [-0.4, -0.2) is 29.0 Å². The predicted octanol–water partition coefficient (Wildman–Crippen LogP) is 2.61. The van der Waals surface area contributed by atoms with E-state index in [1.807, 2.05) is 0 Å². The zero-order chi connectivity index (χ0) is 16.6. The highest BCUT2D eigenvalue weighted by Gasteiger charge is 2.37. The van der Waals surface area contributed by atoms with Crippen molar-refractivity contribution < 1.29 is 17.2 Å². The number of piperidine rings is 1. The summed E-state index contributed by atoms with van der Waals surface area (Å²) in [6, 6.07) is 3.90. The van der Waals surface area contributed by atoms with E-state index in [1.54, 1.807) is 24.0 Å². The standard InChI is InChI=1S/C15H17F2N3O2S/c1-19-13(7-8-18-19)14-4-2-3-9-20(14)23(21,22)15-6-5-11(16)10-12(15)17/h5-8,10,14H,2-4,9H2,1H3/t14-/m0/s1. The first kappa shape index (κ1) is 16.1. The first-order valence-corrected chi connectivity index (χ1v) is 8.80. The molecule has 0 bridgehead atoms. The van der Waals surface area contributed by atoms with Crippen LogP contribution < -0.4 is 0 Å². The fraction of sp³-hybridized carbons (Fsp3) is 0.400. The number of rotatable bonds is 3. The molecule has 1 aliphatic heterocycles. The molecule has 1 aliphatic rings. The van der Waals surface area contributed by atoms with Crippen molar-refractivity contribution in [3.8, 4) is 0 Å². The molecule has 0 unspecified atom stereocenters. The maximum absolute atomic E-state index is 14.0. The molecule has 0 radical (unpaired) electrons. The summed E-state index contributed by atoms with van der Waals surface area (Å²) in [5, 5.41) is 4.08. The molecule has 0 aliphatic carbocycles. The summed E-state index contributed by atoms with van der Waals surface area (Å²) < 4.78 is 55.7. The van der Waals surface area contributed by atoms with Gasteiger partial charge in [-0.3, -0.25) is 4.68 Å². The largest absolute Gasteiger partial charge is 0.271 e. The number of aryl methyl sites for hydroxylation is 1. The van der Waals surface area contributed by atoms with Crippen LogP contribution in [0.5, 0.6) is 0 Å². The molecule has 124 valence electrons.